The molecule has 1 aliphatic rings. The fraction of sp³-hybridized carbons (Fsp3) is 0.350. The monoisotopic (exact) mass is 356 g/mol. The Hall–Kier alpha value is -2.73. The maximum atomic E-state index is 12.6. The molecule has 0 saturated carbocycles. The number of anilines is 2. The second kappa shape index (κ2) is 8.10. The van der Waals surface area contributed by atoms with Gasteiger partial charge < -0.3 is 25.0 Å². The zero-order valence-corrected chi connectivity index (χ0v) is 15.2. The van der Waals surface area contributed by atoms with Crippen LogP contribution in [0, 0.1) is 0 Å². The number of amides is 1. The van der Waals surface area contributed by atoms with Gasteiger partial charge in [-0.1, -0.05) is 6.07 Å². The van der Waals surface area contributed by atoms with Gasteiger partial charge in [0, 0.05) is 17.4 Å². The molecule has 0 bridgehead atoms. The van der Waals surface area contributed by atoms with Crippen molar-refractivity contribution in [3.8, 4) is 11.5 Å². The van der Waals surface area contributed by atoms with Gasteiger partial charge in [-0.15, -0.1) is 0 Å². The molecule has 1 atom stereocenters. The molecule has 1 fully saturated rings. The third kappa shape index (κ3) is 4.26. The van der Waals surface area contributed by atoms with Crippen LogP contribution >= 0.6 is 0 Å². The first-order valence-electron chi connectivity index (χ1n) is 8.90. The predicted molar refractivity (Wildman–Crippen MR) is 102 cm³/mol. The van der Waals surface area contributed by atoms with Gasteiger partial charge in [-0.05, 0) is 43.3 Å². The molecule has 0 aliphatic carbocycles. The Morgan fingerprint density at radius 3 is 2.54 bits per heavy atom. The van der Waals surface area contributed by atoms with Gasteiger partial charge in [0.25, 0.3) is 5.91 Å². The number of benzene rings is 2. The molecule has 6 heteroatoms. The summed E-state index contributed by atoms with van der Waals surface area (Å²) in [6, 6.07) is 14.6. The minimum Gasteiger partial charge on any atom is -0.508 e. The topological polar surface area (TPSA) is 66.2 Å². The molecule has 0 radical (unpaired) electrons. The van der Waals surface area contributed by atoms with E-state index in [-0.39, 0.29) is 17.7 Å². The minimum atomic E-state index is -0.122. The van der Waals surface area contributed by atoms with E-state index in [1.165, 1.54) is 4.90 Å². The highest BCUT2D eigenvalue weighted by atomic mass is 16.5. The first kappa shape index (κ1) is 18.1. The summed E-state index contributed by atoms with van der Waals surface area (Å²) in [5.41, 5.74) is 1.86. The highest BCUT2D eigenvalue weighted by Gasteiger charge is 2.29. The maximum Gasteiger partial charge on any atom is 0.282 e. The van der Waals surface area contributed by atoms with Gasteiger partial charge in [0.1, 0.15) is 11.5 Å². The third-order valence-corrected chi connectivity index (χ3v) is 4.96. The fourth-order valence-electron chi connectivity index (χ4n) is 3.29. The molecule has 1 amide bonds. The molecule has 1 aliphatic heterocycles. The summed E-state index contributed by atoms with van der Waals surface area (Å²) < 4.78 is 5.20. The summed E-state index contributed by atoms with van der Waals surface area (Å²) >= 11 is 0. The molecule has 0 aromatic heterocycles. The molecular formula is C20H26N3O3+. The number of rotatable bonds is 5. The Balaban J connectivity index is 1.54. The predicted octanol–water partition coefficient (Wildman–Crippen LogP) is 1.13. The molecule has 2 aromatic carbocycles. The van der Waals surface area contributed by atoms with E-state index in [0.717, 1.165) is 43.3 Å². The Morgan fingerprint density at radius 2 is 1.88 bits per heavy atom. The van der Waals surface area contributed by atoms with Crippen molar-refractivity contribution < 1.29 is 19.5 Å². The lowest BCUT2D eigenvalue weighted by atomic mass is 10.2. The van der Waals surface area contributed by atoms with E-state index in [9.17, 15) is 9.90 Å². The van der Waals surface area contributed by atoms with Crippen LogP contribution in [-0.2, 0) is 4.79 Å². The van der Waals surface area contributed by atoms with E-state index in [4.69, 9.17) is 4.74 Å². The van der Waals surface area contributed by atoms with Crippen LogP contribution in [0.1, 0.15) is 6.92 Å². The first-order valence-corrected chi connectivity index (χ1v) is 8.90. The number of aromatic hydroxyl groups is 1. The lowest BCUT2D eigenvalue weighted by Gasteiger charge is -2.36. The van der Waals surface area contributed by atoms with Gasteiger partial charge in [-0.3, -0.25) is 4.79 Å². The summed E-state index contributed by atoms with van der Waals surface area (Å²) in [5.74, 6) is 1.03. The van der Waals surface area contributed by atoms with E-state index >= 15 is 0 Å². The van der Waals surface area contributed by atoms with Crippen LogP contribution in [0.5, 0.6) is 11.5 Å². The van der Waals surface area contributed by atoms with Gasteiger partial charge >= 0.3 is 0 Å². The summed E-state index contributed by atoms with van der Waals surface area (Å²) in [7, 11) is 1.61. The second-order valence-electron chi connectivity index (χ2n) is 6.60. The van der Waals surface area contributed by atoms with Crippen molar-refractivity contribution in [3.05, 3.63) is 48.5 Å². The number of carbonyl (C=O) groups excluding carboxylic acids is 1. The minimum absolute atomic E-state index is 0.0198. The van der Waals surface area contributed by atoms with Crippen molar-refractivity contribution in [2.45, 2.75) is 13.0 Å². The Labute approximate surface area is 154 Å². The second-order valence-corrected chi connectivity index (χ2v) is 6.60. The molecule has 26 heavy (non-hydrogen) atoms. The van der Waals surface area contributed by atoms with Crippen molar-refractivity contribution in [3.63, 3.8) is 0 Å². The number of methoxy groups -OCH3 is 1. The van der Waals surface area contributed by atoms with Gasteiger partial charge in [-0.25, -0.2) is 0 Å². The van der Waals surface area contributed by atoms with Crippen LogP contribution in [0.3, 0.4) is 0 Å². The molecule has 1 heterocycles. The first-order chi connectivity index (χ1) is 12.6. The molecular weight excluding hydrogens is 330 g/mol. The van der Waals surface area contributed by atoms with Crippen molar-refractivity contribution in [1.82, 2.24) is 0 Å². The molecule has 3 rings (SSSR count). The summed E-state index contributed by atoms with van der Waals surface area (Å²) in [5, 5.41) is 12.4. The van der Waals surface area contributed by atoms with E-state index in [1.807, 2.05) is 43.3 Å². The summed E-state index contributed by atoms with van der Waals surface area (Å²) in [6.07, 6.45) is 0. The van der Waals surface area contributed by atoms with E-state index in [0.29, 0.717) is 0 Å². The average molecular weight is 356 g/mol. The fourth-order valence-corrected chi connectivity index (χ4v) is 3.29. The highest BCUT2D eigenvalue weighted by Crippen LogP contribution is 2.18. The van der Waals surface area contributed by atoms with Crippen LogP contribution in [0.4, 0.5) is 11.4 Å². The van der Waals surface area contributed by atoms with E-state index < -0.39 is 0 Å². The van der Waals surface area contributed by atoms with Gasteiger partial charge in [0.2, 0.25) is 0 Å². The number of hydrogen-bond donors (Lipinski definition) is 3. The number of quaternary nitrogens is 1. The smallest absolute Gasteiger partial charge is 0.282 e. The molecule has 3 N–H and O–H groups in total. The number of nitrogens with zero attached hydrogens (tertiary/aromatic N) is 1. The Kier molecular flexibility index (Phi) is 5.63. The Bertz CT molecular complexity index is 740. The quantitative estimate of drug-likeness (QED) is 0.752. The standard InChI is InChI=1S/C20H25N3O3/c1-15(20(25)21-16-4-3-5-19(14-16)26-2)22-10-12-23(13-11-22)17-6-8-18(24)9-7-17/h3-9,14-15,24H,10-13H2,1-2H3,(H,21,25)/p+1/t15-/m1/s1. The molecule has 0 unspecified atom stereocenters. The largest absolute Gasteiger partial charge is 0.508 e. The normalized spacial score (nSPS) is 16.2. The number of hydrogen-bond acceptors (Lipinski definition) is 4. The van der Waals surface area contributed by atoms with Crippen molar-refractivity contribution in [1.29, 1.82) is 0 Å². The van der Waals surface area contributed by atoms with Crippen LogP contribution in [0.2, 0.25) is 0 Å². The van der Waals surface area contributed by atoms with Crippen molar-refractivity contribution in [2.75, 3.05) is 43.5 Å². The molecule has 6 nitrogen and oxygen atoms in total. The number of phenols is 1. The Morgan fingerprint density at radius 1 is 1.19 bits per heavy atom. The van der Waals surface area contributed by atoms with Gasteiger partial charge in [0.05, 0.1) is 33.3 Å². The summed E-state index contributed by atoms with van der Waals surface area (Å²) in [6.45, 7) is 5.54. The lowest BCUT2D eigenvalue weighted by Crippen LogP contribution is -3.19. The average Bonchev–Trinajstić information content (AvgIpc) is 2.68. The van der Waals surface area contributed by atoms with Crippen LogP contribution in [-0.4, -0.2) is 50.3 Å². The van der Waals surface area contributed by atoms with Gasteiger partial charge in [-0.2, -0.15) is 0 Å². The van der Waals surface area contributed by atoms with Crippen LogP contribution in [0.25, 0.3) is 0 Å². The van der Waals surface area contributed by atoms with Crippen molar-refractivity contribution >= 4 is 17.3 Å². The number of piperazine rings is 1. The lowest BCUT2D eigenvalue weighted by molar-refractivity contribution is -0.914. The molecule has 2 aromatic rings. The number of carbonyl (C=O) groups is 1. The zero-order chi connectivity index (χ0) is 18.5. The SMILES string of the molecule is COc1cccc(NC(=O)[C@@H](C)[NH+]2CCN(c3ccc(O)cc3)CC2)c1. The van der Waals surface area contributed by atoms with Crippen molar-refractivity contribution in [2.24, 2.45) is 0 Å². The highest BCUT2D eigenvalue weighted by molar-refractivity contribution is 5.93. The van der Waals surface area contributed by atoms with Gasteiger partial charge in [0.15, 0.2) is 6.04 Å². The zero-order valence-electron chi connectivity index (χ0n) is 15.2. The van der Waals surface area contributed by atoms with E-state index in [1.54, 1.807) is 19.2 Å². The van der Waals surface area contributed by atoms with E-state index in [2.05, 4.69) is 10.2 Å². The molecule has 138 valence electrons. The van der Waals surface area contributed by atoms with Crippen LogP contribution < -0.4 is 19.9 Å². The number of ether oxygens (including phenoxy) is 1. The van der Waals surface area contributed by atoms with Crippen LogP contribution in [0.15, 0.2) is 48.5 Å². The number of phenolic OH excluding ortho intramolecular Hbond substituents is 1. The molecule has 1 saturated heterocycles. The number of nitrogens with one attached hydrogen (secondary N) is 2. The third-order valence-electron chi connectivity index (χ3n) is 4.96. The molecule has 0 spiro atoms. The summed E-state index contributed by atoms with van der Waals surface area (Å²) in [4.78, 5) is 16.2. The maximum absolute atomic E-state index is 12.6.